The summed E-state index contributed by atoms with van der Waals surface area (Å²) < 4.78 is 18.5. The van der Waals surface area contributed by atoms with Crippen molar-refractivity contribution < 1.29 is 8.91 Å². The maximum Gasteiger partial charge on any atom is 0.170 e. The number of benzene rings is 1. The first-order valence-electron chi connectivity index (χ1n) is 7.80. The number of anilines is 1. The van der Waals surface area contributed by atoms with Crippen LogP contribution in [0.5, 0.6) is 0 Å². The summed E-state index contributed by atoms with van der Waals surface area (Å²) in [5.41, 5.74) is 1.47. The maximum atomic E-state index is 13.3. The van der Waals surface area contributed by atoms with Crippen molar-refractivity contribution in [3.63, 3.8) is 0 Å². The highest BCUT2D eigenvalue weighted by Crippen LogP contribution is 2.33. The minimum absolute atomic E-state index is 0.297. The molecule has 0 bridgehead atoms. The van der Waals surface area contributed by atoms with Crippen LogP contribution in [0.1, 0.15) is 30.3 Å². The Hall–Kier alpha value is -2.50. The van der Waals surface area contributed by atoms with E-state index in [1.807, 2.05) is 13.0 Å². The topological polar surface area (TPSA) is 55.1 Å². The molecule has 118 valence electrons. The van der Waals surface area contributed by atoms with Crippen LogP contribution in [0.4, 0.5) is 10.2 Å². The molecule has 0 atom stereocenters. The Morgan fingerprint density at radius 2 is 2.04 bits per heavy atom. The van der Waals surface area contributed by atoms with Gasteiger partial charge in [0.15, 0.2) is 5.58 Å². The van der Waals surface area contributed by atoms with Crippen molar-refractivity contribution in [1.82, 2.24) is 15.1 Å². The predicted molar refractivity (Wildman–Crippen MR) is 84.9 cm³/mol. The molecule has 3 aromatic rings. The molecule has 3 heterocycles. The number of nitrogens with zero attached hydrogens (tertiary/aromatic N) is 4. The van der Waals surface area contributed by atoms with E-state index in [0.717, 1.165) is 48.7 Å². The van der Waals surface area contributed by atoms with Crippen molar-refractivity contribution >= 4 is 16.8 Å². The van der Waals surface area contributed by atoms with Crippen molar-refractivity contribution in [2.24, 2.45) is 0 Å². The number of piperidine rings is 1. The van der Waals surface area contributed by atoms with E-state index < -0.39 is 0 Å². The number of aryl methyl sites for hydroxylation is 1. The summed E-state index contributed by atoms with van der Waals surface area (Å²) in [7, 11) is 0. The molecular weight excluding hydrogens is 295 g/mol. The van der Waals surface area contributed by atoms with Gasteiger partial charge in [-0.05, 0) is 38.0 Å². The van der Waals surface area contributed by atoms with E-state index in [0.29, 0.717) is 11.5 Å². The SMILES string of the molecule is Cc1nccc(N2CCC(c3noc4cc(F)ccc34)CC2)n1. The van der Waals surface area contributed by atoms with Gasteiger partial charge in [0.1, 0.15) is 17.5 Å². The van der Waals surface area contributed by atoms with Gasteiger partial charge >= 0.3 is 0 Å². The third kappa shape index (κ3) is 2.65. The summed E-state index contributed by atoms with van der Waals surface area (Å²) in [6, 6.07) is 6.56. The van der Waals surface area contributed by atoms with Crippen molar-refractivity contribution in [2.75, 3.05) is 18.0 Å². The molecule has 2 aromatic heterocycles. The number of rotatable bonds is 2. The van der Waals surface area contributed by atoms with Crippen molar-refractivity contribution in [3.05, 3.63) is 47.8 Å². The normalized spacial score (nSPS) is 16.2. The lowest BCUT2D eigenvalue weighted by atomic mass is 9.91. The van der Waals surface area contributed by atoms with Crippen LogP contribution >= 0.6 is 0 Å². The zero-order chi connectivity index (χ0) is 15.8. The van der Waals surface area contributed by atoms with Gasteiger partial charge in [-0.1, -0.05) is 5.16 Å². The summed E-state index contributed by atoms with van der Waals surface area (Å²) in [4.78, 5) is 10.9. The van der Waals surface area contributed by atoms with Gasteiger partial charge in [0.05, 0.1) is 5.69 Å². The lowest BCUT2D eigenvalue weighted by Crippen LogP contribution is -2.33. The lowest BCUT2D eigenvalue weighted by Gasteiger charge is -2.32. The fourth-order valence-electron chi connectivity index (χ4n) is 3.23. The fourth-order valence-corrected chi connectivity index (χ4v) is 3.23. The number of fused-ring (bicyclic) bond motifs is 1. The van der Waals surface area contributed by atoms with Gasteiger partial charge < -0.3 is 9.42 Å². The molecule has 6 heteroatoms. The zero-order valence-corrected chi connectivity index (χ0v) is 12.9. The Morgan fingerprint density at radius 1 is 1.22 bits per heavy atom. The van der Waals surface area contributed by atoms with Crippen LogP contribution in [0.15, 0.2) is 35.0 Å². The summed E-state index contributed by atoms with van der Waals surface area (Å²) in [5, 5.41) is 5.11. The molecule has 0 amide bonds. The van der Waals surface area contributed by atoms with Gasteiger partial charge in [0.25, 0.3) is 0 Å². The molecule has 1 saturated heterocycles. The molecule has 0 unspecified atom stereocenters. The average molecular weight is 312 g/mol. The third-order valence-electron chi connectivity index (χ3n) is 4.43. The standard InChI is InChI=1S/C17H17FN4O/c1-11-19-7-4-16(20-11)22-8-5-12(6-9-22)17-14-3-2-13(18)10-15(14)23-21-17/h2-4,7,10,12H,5-6,8-9H2,1H3. The molecule has 0 saturated carbocycles. The van der Waals surface area contributed by atoms with E-state index in [-0.39, 0.29) is 5.82 Å². The Labute approximate surface area is 133 Å². The summed E-state index contributed by atoms with van der Waals surface area (Å²) in [6.45, 7) is 3.73. The van der Waals surface area contributed by atoms with Crippen LogP contribution < -0.4 is 4.90 Å². The second-order valence-electron chi connectivity index (χ2n) is 5.93. The first kappa shape index (κ1) is 14.1. The maximum absolute atomic E-state index is 13.3. The quantitative estimate of drug-likeness (QED) is 0.725. The highest BCUT2D eigenvalue weighted by molar-refractivity contribution is 5.79. The molecule has 0 radical (unpaired) electrons. The van der Waals surface area contributed by atoms with Gasteiger partial charge in [-0.2, -0.15) is 0 Å². The Balaban J connectivity index is 1.52. The van der Waals surface area contributed by atoms with Gasteiger partial charge in [-0.3, -0.25) is 0 Å². The van der Waals surface area contributed by atoms with E-state index in [2.05, 4.69) is 20.0 Å². The molecule has 0 N–H and O–H groups in total. The molecule has 23 heavy (non-hydrogen) atoms. The van der Waals surface area contributed by atoms with E-state index in [1.54, 1.807) is 12.3 Å². The first-order valence-corrected chi connectivity index (χ1v) is 7.80. The third-order valence-corrected chi connectivity index (χ3v) is 4.43. The monoisotopic (exact) mass is 312 g/mol. The highest BCUT2D eigenvalue weighted by Gasteiger charge is 2.25. The molecule has 1 aliphatic rings. The van der Waals surface area contributed by atoms with E-state index in [4.69, 9.17) is 4.52 Å². The van der Waals surface area contributed by atoms with Crippen molar-refractivity contribution in [3.8, 4) is 0 Å². The molecule has 0 spiro atoms. The smallest absolute Gasteiger partial charge is 0.170 e. The van der Waals surface area contributed by atoms with Crippen molar-refractivity contribution in [1.29, 1.82) is 0 Å². The summed E-state index contributed by atoms with van der Waals surface area (Å²) >= 11 is 0. The van der Waals surface area contributed by atoms with Crippen molar-refractivity contribution in [2.45, 2.75) is 25.7 Å². The molecule has 1 fully saturated rings. The van der Waals surface area contributed by atoms with E-state index >= 15 is 0 Å². The van der Waals surface area contributed by atoms with E-state index in [9.17, 15) is 4.39 Å². The van der Waals surface area contributed by atoms with Gasteiger partial charge in [-0.15, -0.1) is 0 Å². The van der Waals surface area contributed by atoms with Gasteiger partial charge in [0, 0.05) is 36.7 Å². The van der Waals surface area contributed by atoms with E-state index in [1.165, 1.54) is 12.1 Å². The Morgan fingerprint density at radius 3 is 2.83 bits per heavy atom. The highest BCUT2D eigenvalue weighted by atomic mass is 19.1. The fraction of sp³-hybridized carbons (Fsp3) is 0.353. The molecule has 1 aliphatic heterocycles. The second-order valence-corrected chi connectivity index (χ2v) is 5.93. The zero-order valence-electron chi connectivity index (χ0n) is 12.9. The summed E-state index contributed by atoms with van der Waals surface area (Å²) in [6.07, 6.45) is 3.74. The van der Waals surface area contributed by atoms with Crippen LogP contribution in [-0.4, -0.2) is 28.2 Å². The second kappa shape index (κ2) is 5.61. The summed E-state index contributed by atoms with van der Waals surface area (Å²) in [5.74, 6) is 1.80. The van der Waals surface area contributed by atoms with Crippen LogP contribution in [0.3, 0.4) is 0 Å². The lowest BCUT2D eigenvalue weighted by molar-refractivity contribution is 0.416. The molecule has 4 rings (SSSR count). The largest absolute Gasteiger partial charge is 0.356 e. The van der Waals surface area contributed by atoms with Crippen LogP contribution in [0.2, 0.25) is 0 Å². The van der Waals surface area contributed by atoms with Gasteiger partial charge in [0.2, 0.25) is 0 Å². The number of halogens is 1. The van der Waals surface area contributed by atoms with Crippen LogP contribution in [-0.2, 0) is 0 Å². The number of hydrogen-bond donors (Lipinski definition) is 0. The van der Waals surface area contributed by atoms with Crippen LogP contribution in [0.25, 0.3) is 11.0 Å². The average Bonchev–Trinajstić information content (AvgIpc) is 2.98. The molecular formula is C17H17FN4O. The van der Waals surface area contributed by atoms with Gasteiger partial charge in [-0.25, -0.2) is 14.4 Å². The Bertz CT molecular complexity index is 839. The number of aromatic nitrogens is 3. The molecule has 0 aliphatic carbocycles. The molecule has 1 aromatic carbocycles. The number of hydrogen-bond acceptors (Lipinski definition) is 5. The Kier molecular flexibility index (Phi) is 3.44. The molecule has 5 nitrogen and oxygen atoms in total. The minimum atomic E-state index is -0.297. The van der Waals surface area contributed by atoms with Crippen LogP contribution in [0, 0.1) is 12.7 Å². The first-order chi connectivity index (χ1) is 11.2. The predicted octanol–water partition coefficient (Wildman–Crippen LogP) is 3.45. The minimum Gasteiger partial charge on any atom is -0.356 e.